The van der Waals surface area contributed by atoms with E-state index in [2.05, 4.69) is 118 Å². The van der Waals surface area contributed by atoms with Crippen LogP contribution in [0.2, 0.25) is 0 Å². The maximum absolute atomic E-state index is 12.3. The van der Waals surface area contributed by atoms with Crippen molar-refractivity contribution in [2.75, 3.05) is 12.4 Å². The first-order chi connectivity index (χ1) is 21.6. The molecule has 44 heavy (non-hydrogen) atoms. The average Bonchev–Trinajstić information content (AvgIpc) is 3.04. The number of amides is 1. The second-order valence-electron chi connectivity index (χ2n) is 7.45. The topological polar surface area (TPSA) is 88.0 Å². The molecule has 0 aliphatic rings. The summed E-state index contributed by atoms with van der Waals surface area (Å²) in [5.41, 5.74) is 1.77. The van der Waals surface area contributed by atoms with Crippen molar-refractivity contribution < 1.29 is 23.3 Å². The SMILES string of the molecule is C#CC#CC#CC#CC#CC#CC#CC#CC#CC.COc1cccc(NC(=O)Cc2cccc3ccccc23)c1.O=NO.[HH].[HH].[HH].[HH].[HH].[HH]. The van der Waals surface area contributed by atoms with E-state index in [0.29, 0.717) is 6.42 Å². The van der Waals surface area contributed by atoms with E-state index >= 15 is 0 Å². The number of hydrogen-bond donors (Lipinski definition) is 2. The molecule has 0 heterocycles. The smallest absolute Gasteiger partial charge is 0.228 e. The van der Waals surface area contributed by atoms with Gasteiger partial charge in [-0.25, -0.2) is 0 Å². The van der Waals surface area contributed by atoms with Crippen LogP contribution in [0.5, 0.6) is 5.75 Å². The maximum atomic E-state index is 12.3. The molecule has 6 nitrogen and oxygen atoms in total. The number of methoxy groups -OCH3 is 1. The Kier molecular flexibility index (Phi) is 18.5. The second-order valence-corrected chi connectivity index (χ2v) is 7.45. The van der Waals surface area contributed by atoms with Crippen molar-refractivity contribution in [2.24, 2.45) is 5.34 Å². The van der Waals surface area contributed by atoms with Gasteiger partial charge in [-0.2, -0.15) is 0 Å². The minimum Gasteiger partial charge on any atom is -0.497 e. The molecule has 0 aliphatic heterocycles. The molecule has 0 unspecified atom stereocenters. The van der Waals surface area contributed by atoms with Crippen LogP contribution in [-0.4, -0.2) is 18.2 Å². The molecule has 3 aromatic rings. The van der Waals surface area contributed by atoms with Crippen molar-refractivity contribution in [3.63, 3.8) is 0 Å². The molecule has 0 fully saturated rings. The molecule has 220 valence electrons. The summed E-state index contributed by atoms with van der Waals surface area (Å²) in [6.07, 6.45) is 5.24. The highest BCUT2D eigenvalue weighted by Gasteiger charge is 2.07. The number of nitrogens with one attached hydrogen (secondary N) is 1. The molecule has 3 rings (SSSR count). The summed E-state index contributed by atoms with van der Waals surface area (Å²) in [7, 11) is 1.61. The minimum absolute atomic E-state index is 0. The molecule has 3 aromatic carbocycles. The first-order valence-corrected chi connectivity index (χ1v) is 12.3. The summed E-state index contributed by atoms with van der Waals surface area (Å²) >= 11 is 0. The van der Waals surface area contributed by atoms with Crippen molar-refractivity contribution in [2.45, 2.75) is 13.3 Å². The zero-order valence-corrected chi connectivity index (χ0v) is 23.8. The molecule has 0 atom stereocenters. The number of ether oxygens (including phenoxy) is 1. The maximum Gasteiger partial charge on any atom is 0.228 e. The van der Waals surface area contributed by atoms with E-state index in [0.717, 1.165) is 27.8 Å². The lowest BCUT2D eigenvalue weighted by atomic mass is 10.0. The Hall–Kier alpha value is -7.37. The second kappa shape index (κ2) is 23.5. The number of terminal acetylenes is 1. The van der Waals surface area contributed by atoms with Gasteiger partial charge in [0.15, 0.2) is 5.34 Å². The van der Waals surface area contributed by atoms with Crippen molar-refractivity contribution in [1.29, 1.82) is 0 Å². The van der Waals surface area contributed by atoms with E-state index in [-0.39, 0.29) is 14.5 Å². The molecular formula is C38H34N2O4. The summed E-state index contributed by atoms with van der Waals surface area (Å²) in [6.45, 7) is 1.70. The van der Waals surface area contributed by atoms with Crippen LogP contribution < -0.4 is 10.1 Å². The quantitative estimate of drug-likeness (QED) is 0.214. The number of rotatable bonds is 4. The number of benzene rings is 3. The highest BCUT2D eigenvalue weighted by Crippen LogP contribution is 2.20. The highest BCUT2D eigenvalue weighted by atomic mass is 16.6. The highest BCUT2D eigenvalue weighted by molar-refractivity contribution is 5.96. The monoisotopic (exact) mass is 582 g/mol. The van der Waals surface area contributed by atoms with Crippen LogP contribution in [-0.2, 0) is 11.2 Å². The van der Waals surface area contributed by atoms with Crippen molar-refractivity contribution in [1.82, 2.24) is 0 Å². The Morgan fingerprint density at radius 1 is 0.795 bits per heavy atom. The van der Waals surface area contributed by atoms with Gasteiger partial charge in [-0.3, -0.25) is 4.79 Å². The van der Waals surface area contributed by atoms with Crippen LogP contribution in [0.3, 0.4) is 0 Å². The number of fused-ring (bicyclic) bond motifs is 1. The van der Waals surface area contributed by atoms with Gasteiger partial charge < -0.3 is 15.3 Å². The molecule has 0 radical (unpaired) electrons. The van der Waals surface area contributed by atoms with E-state index in [9.17, 15) is 4.79 Å². The largest absolute Gasteiger partial charge is 0.497 e. The van der Waals surface area contributed by atoms with Crippen molar-refractivity contribution in [3.8, 4) is 113 Å². The Morgan fingerprint density at radius 2 is 1.30 bits per heavy atom. The van der Waals surface area contributed by atoms with Gasteiger partial charge in [0.25, 0.3) is 0 Å². The van der Waals surface area contributed by atoms with Crippen LogP contribution in [0.15, 0.2) is 72.1 Å². The molecule has 0 saturated carbocycles. The van der Waals surface area contributed by atoms with Gasteiger partial charge in [0.05, 0.1) is 13.5 Å². The van der Waals surface area contributed by atoms with Gasteiger partial charge >= 0.3 is 0 Å². The van der Waals surface area contributed by atoms with Crippen LogP contribution in [0.4, 0.5) is 5.69 Å². The van der Waals surface area contributed by atoms with Crippen molar-refractivity contribution >= 4 is 22.4 Å². The van der Waals surface area contributed by atoms with Gasteiger partial charge in [-0.15, -0.1) is 11.3 Å². The first-order valence-electron chi connectivity index (χ1n) is 12.3. The normalized spacial score (nSPS) is 7.11. The van der Waals surface area contributed by atoms with Gasteiger partial charge in [-0.05, 0) is 130 Å². The molecule has 6 heteroatoms. The standard InChI is InChI=1S/C19H17NO2.C19H4.HNO2.6H2/c1-22-17-10-5-9-16(13-17)20-19(21)12-15-8-4-7-14-6-2-3-11-18(14)15;1-3-5-7-9-11-13-15-17-19-18-16-14-12-10-8-6-4-2;2-1-3;;;;;;/h2-11,13H,12H2,1H3,(H,20,21);1H,2H3;(H,2,3);6*1H. The summed E-state index contributed by atoms with van der Waals surface area (Å²) in [5.74, 6) is 42.6. The summed E-state index contributed by atoms with van der Waals surface area (Å²) < 4.78 is 5.16. The number of anilines is 1. The van der Waals surface area contributed by atoms with E-state index in [1.165, 1.54) is 5.34 Å². The Labute approximate surface area is 266 Å². The molecule has 0 aliphatic carbocycles. The summed E-state index contributed by atoms with van der Waals surface area (Å²) in [5, 5.41) is 13.1. The fourth-order valence-corrected chi connectivity index (χ4v) is 3.03. The van der Waals surface area contributed by atoms with Crippen molar-refractivity contribution in [3.05, 3.63) is 77.2 Å². The lowest BCUT2D eigenvalue weighted by Crippen LogP contribution is -2.14. The first kappa shape index (κ1) is 34.7. The van der Waals surface area contributed by atoms with E-state index < -0.39 is 0 Å². The molecule has 0 saturated heterocycles. The third-order valence-electron chi connectivity index (χ3n) is 4.66. The van der Waals surface area contributed by atoms with Crippen LogP contribution in [0.25, 0.3) is 10.8 Å². The van der Waals surface area contributed by atoms with Gasteiger partial charge in [0.1, 0.15) is 5.75 Å². The number of carbonyl (C=O) groups is 1. The zero-order valence-electron chi connectivity index (χ0n) is 23.8. The molecule has 1 amide bonds. The van der Waals surface area contributed by atoms with E-state index in [1.54, 1.807) is 20.1 Å². The van der Waals surface area contributed by atoms with Crippen LogP contribution >= 0.6 is 0 Å². The number of carbonyl (C=O) groups excluding carboxylic acids is 1. The zero-order chi connectivity index (χ0) is 32.1. The predicted molar refractivity (Wildman–Crippen MR) is 186 cm³/mol. The van der Waals surface area contributed by atoms with Gasteiger partial charge in [-0.1, -0.05) is 54.5 Å². The Bertz CT molecular complexity index is 2050. The minimum atomic E-state index is -0.0374. The molecule has 0 bridgehead atoms. The fraction of sp³-hybridized carbons (Fsp3) is 0.0789. The Morgan fingerprint density at radius 3 is 1.84 bits per heavy atom. The molecule has 2 N–H and O–H groups in total. The van der Waals surface area contributed by atoms with E-state index in [1.807, 2.05) is 48.5 Å². The van der Waals surface area contributed by atoms with Gasteiger partial charge in [0, 0.05) is 20.3 Å². The Balaban J connectivity index is -0.000000163. The third-order valence-corrected chi connectivity index (χ3v) is 4.66. The third kappa shape index (κ3) is 15.9. The summed E-state index contributed by atoms with van der Waals surface area (Å²) in [6, 6.07) is 21.5. The predicted octanol–water partition coefficient (Wildman–Crippen LogP) is 6.31. The molecular weight excluding hydrogens is 548 g/mol. The molecule has 0 spiro atoms. The number of nitrogens with zero attached hydrogens (tertiary/aromatic N) is 1. The molecule has 0 aromatic heterocycles. The lowest BCUT2D eigenvalue weighted by Gasteiger charge is -2.09. The van der Waals surface area contributed by atoms with E-state index in [4.69, 9.17) is 21.3 Å². The fourth-order valence-electron chi connectivity index (χ4n) is 3.03. The lowest BCUT2D eigenvalue weighted by molar-refractivity contribution is -0.115. The summed E-state index contributed by atoms with van der Waals surface area (Å²) in [4.78, 5) is 20.4. The van der Waals surface area contributed by atoms with Crippen LogP contribution in [0, 0.1) is 112 Å². The average molecular weight is 583 g/mol. The van der Waals surface area contributed by atoms with Crippen LogP contribution in [0.1, 0.15) is 21.0 Å². The van der Waals surface area contributed by atoms with Gasteiger partial charge in [0.2, 0.25) is 5.91 Å². The number of hydrogen-bond acceptors (Lipinski definition) is 4.